The van der Waals surface area contributed by atoms with Crippen molar-refractivity contribution in [2.24, 2.45) is 5.92 Å². The van der Waals surface area contributed by atoms with Crippen molar-refractivity contribution in [3.63, 3.8) is 0 Å². The van der Waals surface area contributed by atoms with Gasteiger partial charge in [-0.05, 0) is 43.2 Å². The number of carbonyl (C=O) groups is 1. The van der Waals surface area contributed by atoms with Gasteiger partial charge < -0.3 is 10.1 Å². The number of fused-ring (bicyclic) bond motifs is 1. The molecule has 1 amide bonds. The van der Waals surface area contributed by atoms with Gasteiger partial charge in [0.05, 0.1) is 16.9 Å². The lowest BCUT2D eigenvalue weighted by Crippen LogP contribution is -2.41. The molecule has 8 nitrogen and oxygen atoms in total. The van der Waals surface area contributed by atoms with Crippen LogP contribution < -0.4 is 10.1 Å². The lowest BCUT2D eigenvalue weighted by atomic mass is 9.97. The number of nitrogens with one attached hydrogen (secondary N) is 1. The minimum absolute atomic E-state index is 0.0467. The number of rotatable bonds is 6. The van der Waals surface area contributed by atoms with Crippen molar-refractivity contribution in [3.05, 3.63) is 60.7 Å². The topological polar surface area (TPSA) is 110 Å². The molecule has 3 aromatic carbocycles. The van der Waals surface area contributed by atoms with Crippen molar-refractivity contribution >= 4 is 42.2 Å². The molecule has 1 N–H and O–H groups in total. The van der Waals surface area contributed by atoms with E-state index in [0.29, 0.717) is 24.3 Å². The van der Waals surface area contributed by atoms with Crippen molar-refractivity contribution in [3.8, 4) is 5.75 Å². The van der Waals surface area contributed by atoms with Crippen LogP contribution >= 0.6 is 0 Å². The van der Waals surface area contributed by atoms with Crippen LogP contribution in [0.3, 0.4) is 0 Å². The highest BCUT2D eigenvalue weighted by Crippen LogP contribution is 2.32. The normalized spacial score (nSPS) is 15.8. The zero-order chi connectivity index (χ0) is 24.5. The van der Waals surface area contributed by atoms with Crippen molar-refractivity contribution in [1.29, 1.82) is 0 Å². The third-order valence-corrected chi connectivity index (χ3v) is 9.06. The monoisotopic (exact) mass is 502 g/mol. The maximum atomic E-state index is 13.1. The number of hydrogen-bond donors (Lipinski definition) is 1. The Hall–Kier alpha value is -2.95. The summed E-state index contributed by atoms with van der Waals surface area (Å²) in [5.74, 6) is 0.216. The lowest BCUT2D eigenvalue weighted by molar-refractivity contribution is -0.120. The molecule has 4 rings (SSSR count). The number of sulfonamides is 1. The predicted molar refractivity (Wildman–Crippen MR) is 130 cm³/mol. The van der Waals surface area contributed by atoms with Crippen molar-refractivity contribution in [2.45, 2.75) is 22.6 Å². The van der Waals surface area contributed by atoms with E-state index >= 15 is 0 Å². The van der Waals surface area contributed by atoms with Gasteiger partial charge in [-0.25, -0.2) is 16.8 Å². The molecule has 1 saturated heterocycles. The highest BCUT2D eigenvalue weighted by molar-refractivity contribution is 7.91. The largest absolute Gasteiger partial charge is 0.496 e. The van der Waals surface area contributed by atoms with Crippen LogP contribution in [0.4, 0.5) is 5.69 Å². The minimum Gasteiger partial charge on any atom is -0.496 e. The van der Waals surface area contributed by atoms with Gasteiger partial charge in [-0.2, -0.15) is 4.31 Å². The fraction of sp³-hybridized carbons (Fsp3) is 0.292. The first-order valence-electron chi connectivity index (χ1n) is 10.8. The summed E-state index contributed by atoms with van der Waals surface area (Å²) in [6, 6.07) is 16.6. The van der Waals surface area contributed by atoms with Gasteiger partial charge in [0.15, 0.2) is 9.84 Å². The Morgan fingerprint density at radius 1 is 0.912 bits per heavy atom. The summed E-state index contributed by atoms with van der Waals surface area (Å²) >= 11 is 0. The molecule has 0 spiro atoms. The molecule has 0 aromatic heterocycles. The molecule has 0 atom stereocenters. The van der Waals surface area contributed by atoms with Gasteiger partial charge >= 0.3 is 0 Å². The van der Waals surface area contributed by atoms with Crippen LogP contribution in [0.25, 0.3) is 10.8 Å². The van der Waals surface area contributed by atoms with E-state index in [1.54, 1.807) is 19.2 Å². The quantitative estimate of drug-likeness (QED) is 0.554. The van der Waals surface area contributed by atoms with E-state index in [2.05, 4.69) is 5.32 Å². The maximum Gasteiger partial charge on any atom is 0.243 e. The Labute approximate surface area is 199 Å². The van der Waals surface area contributed by atoms with Crippen LogP contribution in [0.2, 0.25) is 0 Å². The van der Waals surface area contributed by atoms with E-state index in [0.717, 1.165) is 17.0 Å². The molecule has 10 heteroatoms. The average molecular weight is 503 g/mol. The number of benzene rings is 3. The Kier molecular flexibility index (Phi) is 6.66. The van der Waals surface area contributed by atoms with Crippen LogP contribution in [-0.4, -0.2) is 53.5 Å². The summed E-state index contributed by atoms with van der Waals surface area (Å²) in [7, 11) is -5.80. The Morgan fingerprint density at radius 2 is 1.56 bits per heavy atom. The first-order chi connectivity index (χ1) is 16.1. The van der Waals surface area contributed by atoms with E-state index in [-0.39, 0.29) is 34.7 Å². The predicted octanol–water partition coefficient (Wildman–Crippen LogP) is 3.29. The van der Waals surface area contributed by atoms with Crippen LogP contribution in [0.5, 0.6) is 5.75 Å². The van der Waals surface area contributed by atoms with Gasteiger partial charge in [0, 0.05) is 41.7 Å². The zero-order valence-corrected chi connectivity index (χ0v) is 20.5. The summed E-state index contributed by atoms with van der Waals surface area (Å²) in [6.07, 6.45) is 1.77. The Morgan fingerprint density at radius 3 is 2.21 bits per heavy atom. The maximum absolute atomic E-state index is 13.1. The average Bonchev–Trinajstić information content (AvgIpc) is 2.84. The number of methoxy groups -OCH3 is 1. The second-order valence-electron chi connectivity index (χ2n) is 8.28. The standard InChI is InChI=1S/C24H26N2O6S2/c1-32-23-11-10-22(20-8-3-4-9-21(20)23)25-24(27)17-12-14-26(15-13-17)34(30,31)19-7-5-6-18(16-19)33(2,28)29/h3-11,16-17H,12-15H2,1-2H3,(H,25,27). The van der Waals surface area contributed by atoms with Gasteiger partial charge in [0.1, 0.15) is 5.75 Å². The molecule has 0 unspecified atom stereocenters. The summed E-state index contributed by atoms with van der Waals surface area (Å²) < 4.78 is 56.5. The zero-order valence-electron chi connectivity index (χ0n) is 18.9. The molecular formula is C24H26N2O6S2. The van der Waals surface area contributed by atoms with E-state index in [1.807, 2.05) is 24.3 Å². The number of hydrogen-bond acceptors (Lipinski definition) is 6. The number of piperidine rings is 1. The van der Waals surface area contributed by atoms with E-state index < -0.39 is 19.9 Å². The number of sulfone groups is 1. The Balaban J connectivity index is 1.46. The van der Waals surface area contributed by atoms with Crippen LogP contribution in [-0.2, 0) is 24.7 Å². The molecule has 0 bridgehead atoms. The second-order valence-corrected chi connectivity index (χ2v) is 12.2. The summed E-state index contributed by atoms with van der Waals surface area (Å²) in [5.41, 5.74) is 0.675. The molecule has 0 radical (unpaired) electrons. The number of nitrogens with zero attached hydrogens (tertiary/aromatic N) is 1. The van der Waals surface area contributed by atoms with Crippen molar-refractivity contribution in [1.82, 2.24) is 4.31 Å². The van der Waals surface area contributed by atoms with Crippen LogP contribution in [0, 0.1) is 5.92 Å². The third-order valence-electron chi connectivity index (χ3n) is 6.06. The number of carbonyl (C=O) groups excluding carboxylic acids is 1. The number of anilines is 1. The Bertz CT molecular complexity index is 1440. The number of amides is 1. The highest BCUT2D eigenvalue weighted by Gasteiger charge is 2.32. The molecule has 1 aliphatic heterocycles. The second kappa shape index (κ2) is 9.36. The minimum atomic E-state index is -3.87. The number of ether oxygens (including phenoxy) is 1. The molecule has 180 valence electrons. The van der Waals surface area contributed by atoms with Gasteiger partial charge in [0.2, 0.25) is 15.9 Å². The lowest BCUT2D eigenvalue weighted by Gasteiger charge is -2.30. The highest BCUT2D eigenvalue weighted by atomic mass is 32.2. The van der Waals surface area contributed by atoms with E-state index in [1.165, 1.54) is 28.6 Å². The fourth-order valence-corrected chi connectivity index (χ4v) is 6.42. The summed E-state index contributed by atoms with van der Waals surface area (Å²) in [6.45, 7) is 0.347. The van der Waals surface area contributed by atoms with Gasteiger partial charge in [-0.3, -0.25) is 4.79 Å². The summed E-state index contributed by atoms with van der Waals surface area (Å²) in [4.78, 5) is 12.9. The molecule has 1 heterocycles. The van der Waals surface area contributed by atoms with E-state index in [4.69, 9.17) is 4.74 Å². The molecule has 1 fully saturated rings. The molecule has 1 aliphatic rings. The van der Waals surface area contributed by atoms with Gasteiger partial charge in [-0.1, -0.05) is 30.3 Å². The molecule has 0 aliphatic carbocycles. The molecule has 3 aromatic rings. The van der Waals surface area contributed by atoms with Crippen LogP contribution in [0.15, 0.2) is 70.5 Å². The third kappa shape index (κ3) is 4.79. The van der Waals surface area contributed by atoms with Crippen molar-refractivity contribution < 1.29 is 26.4 Å². The fourth-order valence-electron chi connectivity index (χ4n) is 4.17. The molecule has 0 saturated carbocycles. The first kappa shape index (κ1) is 24.2. The summed E-state index contributed by atoms with van der Waals surface area (Å²) in [5, 5.41) is 4.74. The van der Waals surface area contributed by atoms with Gasteiger partial charge in [-0.15, -0.1) is 0 Å². The van der Waals surface area contributed by atoms with Crippen molar-refractivity contribution in [2.75, 3.05) is 31.8 Å². The molecule has 34 heavy (non-hydrogen) atoms. The SMILES string of the molecule is COc1ccc(NC(=O)C2CCN(S(=O)(=O)c3cccc(S(C)(=O)=O)c3)CC2)c2ccccc12. The smallest absolute Gasteiger partial charge is 0.243 e. The molecular weight excluding hydrogens is 476 g/mol. The first-order valence-corrected chi connectivity index (χ1v) is 14.1. The van der Waals surface area contributed by atoms with E-state index in [9.17, 15) is 21.6 Å². The van der Waals surface area contributed by atoms with Gasteiger partial charge in [0.25, 0.3) is 0 Å². The van der Waals surface area contributed by atoms with Crippen LogP contribution in [0.1, 0.15) is 12.8 Å².